The minimum absolute atomic E-state index is 0.155. The third kappa shape index (κ3) is 2.96. The minimum atomic E-state index is 0.155. The number of ether oxygens (including phenoxy) is 1. The van der Waals surface area contributed by atoms with Gasteiger partial charge in [-0.25, -0.2) is 0 Å². The van der Waals surface area contributed by atoms with Gasteiger partial charge >= 0.3 is 0 Å². The molecule has 1 aromatic heterocycles. The number of nitrogens with one attached hydrogen (secondary N) is 1. The van der Waals surface area contributed by atoms with Gasteiger partial charge in [-0.2, -0.15) is 0 Å². The molecule has 18 heavy (non-hydrogen) atoms. The second-order valence-corrected chi connectivity index (χ2v) is 5.21. The fraction of sp³-hybridized carbons (Fsp3) is 0.286. The Bertz CT molecular complexity index is 522. The zero-order valence-corrected chi connectivity index (χ0v) is 11.4. The molecule has 0 unspecified atom stereocenters. The predicted octanol–water partition coefficient (Wildman–Crippen LogP) is 3.64. The van der Waals surface area contributed by atoms with Crippen molar-refractivity contribution in [2.24, 2.45) is 0 Å². The molecule has 0 atom stereocenters. The van der Waals surface area contributed by atoms with Crippen molar-refractivity contribution in [3.63, 3.8) is 0 Å². The average Bonchev–Trinajstić information content (AvgIpc) is 2.84. The lowest BCUT2D eigenvalue weighted by Gasteiger charge is -2.08. The number of phenols is 1. The van der Waals surface area contributed by atoms with Crippen molar-refractivity contribution in [2.75, 3.05) is 12.4 Å². The summed E-state index contributed by atoms with van der Waals surface area (Å²) in [4.78, 5) is 2.69. The molecular formula is C14H17NO2S. The predicted molar refractivity (Wildman–Crippen MR) is 75.7 cm³/mol. The molecule has 0 radical (unpaired) electrons. The van der Waals surface area contributed by atoms with Gasteiger partial charge in [-0.15, -0.1) is 11.3 Å². The van der Waals surface area contributed by atoms with Gasteiger partial charge in [0, 0.05) is 28.1 Å². The second-order valence-electron chi connectivity index (χ2n) is 3.96. The third-order valence-electron chi connectivity index (χ3n) is 2.71. The Morgan fingerprint density at radius 3 is 2.61 bits per heavy atom. The number of benzene rings is 1. The molecule has 2 N–H and O–H groups in total. The van der Waals surface area contributed by atoms with Crippen LogP contribution in [0.2, 0.25) is 0 Å². The summed E-state index contributed by atoms with van der Waals surface area (Å²) in [7, 11) is 1.54. The highest BCUT2D eigenvalue weighted by molar-refractivity contribution is 7.12. The van der Waals surface area contributed by atoms with Crippen molar-refractivity contribution in [1.29, 1.82) is 0 Å². The Kier molecular flexibility index (Phi) is 4.10. The molecule has 0 bridgehead atoms. The summed E-state index contributed by atoms with van der Waals surface area (Å²) in [6.07, 6.45) is 1.08. The molecule has 0 saturated carbocycles. The van der Waals surface area contributed by atoms with Crippen molar-refractivity contribution in [3.05, 3.63) is 40.1 Å². The lowest BCUT2D eigenvalue weighted by Crippen LogP contribution is -1.97. The molecule has 1 aromatic carbocycles. The second kappa shape index (κ2) is 5.78. The van der Waals surface area contributed by atoms with Crippen LogP contribution in [-0.2, 0) is 13.0 Å². The molecule has 0 aliphatic heterocycles. The number of anilines is 1. The van der Waals surface area contributed by atoms with Gasteiger partial charge < -0.3 is 15.2 Å². The topological polar surface area (TPSA) is 41.5 Å². The van der Waals surface area contributed by atoms with E-state index in [4.69, 9.17) is 4.74 Å². The third-order valence-corrected chi connectivity index (χ3v) is 3.94. The number of phenolic OH excluding ortho intramolecular Hbond substituents is 1. The van der Waals surface area contributed by atoms with Crippen molar-refractivity contribution in [3.8, 4) is 11.5 Å². The van der Waals surface area contributed by atoms with Crippen LogP contribution in [0.1, 0.15) is 16.7 Å². The SMILES string of the molecule is CCc1ccc(CNc2ccc(OC)c(O)c2)s1. The fourth-order valence-corrected chi connectivity index (χ4v) is 2.59. The zero-order valence-electron chi connectivity index (χ0n) is 10.6. The highest BCUT2D eigenvalue weighted by atomic mass is 32.1. The fourth-order valence-electron chi connectivity index (χ4n) is 1.70. The number of rotatable bonds is 5. The van der Waals surface area contributed by atoms with Crippen molar-refractivity contribution in [1.82, 2.24) is 0 Å². The van der Waals surface area contributed by atoms with E-state index in [0.717, 1.165) is 18.7 Å². The highest BCUT2D eigenvalue weighted by Gasteiger charge is 2.03. The maximum absolute atomic E-state index is 9.67. The summed E-state index contributed by atoms with van der Waals surface area (Å²) in [6, 6.07) is 9.62. The monoisotopic (exact) mass is 263 g/mol. The van der Waals surface area contributed by atoms with Gasteiger partial charge in [0.2, 0.25) is 0 Å². The number of thiophene rings is 1. The highest BCUT2D eigenvalue weighted by Crippen LogP contribution is 2.29. The van der Waals surface area contributed by atoms with Crippen LogP contribution in [0.4, 0.5) is 5.69 Å². The number of aromatic hydroxyl groups is 1. The first-order valence-corrected chi connectivity index (χ1v) is 6.73. The van der Waals surface area contributed by atoms with E-state index in [-0.39, 0.29) is 5.75 Å². The number of hydrogen-bond donors (Lipinski definition) is 2. The summed E-state index contributed by atoms with van der Waals surface area (Å²) < 4.78 is 5.00. The number of aryl methyl sites for hydroxylation is 1. The molecule has 0 amide bonds. The van der Waals surface area contributed by atoms with E-state index >= 15 is 0 Å². The van der Waals surface area contributed by atoms with E-state index in [0.29, 0.717) is 5.75 Å². The minimum Gasteiger partial charge on any atom is -0.504 e. The first-order valence-electron chi connectivity index (χ1n) is 5.91. The molecule has 96 valence electrons. The molecule has 4 heteroatoms. The number of methoxy groups -OCH3 is 1. The Balaban J connectivity index is 1.99. The molecule has 0 aliphatic rings. The first kappa shape index (κ1) is 12.8. The standard InChI is InChI=1S/C14H17NO2S/c1-3-11-5-6-12(18-11)9-15-10-4-7-14(17-2)13(16)8-10/h4-8,15-16H,3,9H2,1-2H3. The Hall–Kier alpha value is -1.68. The van der Waals surface area contributed by atoms with Gasteiger partial charge in [-0.05, 0) is 30.7 Å². The van der Waals surface area contributed by atoms with Crippen LogP contribution in [0.5, 0.6) is 11.5 Å². The van der Waals surface area contributed by atoms with Crippen LogP contribution in [0.3, 0.4) is 0 Å². The van der Waals surface area contributed by atoms with Gasteiger partial charge in [0.05, 0.1) is 7.11 Å². The molecule has 2 rings (SSSR count). The van der Waals surface area contributed by atoms with Crippen LogP contribution in [0.15, 0.2) is 30.3 Å². The average molecular weight is 263 g/mol. The van der Waals surface area contributed by atoms with Gasteiger partial charge in [-0.1, -0.05) is 6.92 Å². The van der Waals surface area contributed by atoms with E-state index in [1.165, 1.54) is 9.75 Å². The van der Waals surface area contributed by atoms with Crippen LogP contribution in [0.25, 0.3) is 0 Å². The van der Waals surface area contributed by atoms with Gasteiger partial charge in [-0.3, -0.25) is 0 Å². The van der Waals surface area contributed by atoms with Gasteiger partial charge in [0.25, 0.3) is 0 Å². The number of hydrogen-bond acceptors (Lipinski definition) is 4. The smallest absolute Gasteiger partial charge is 0.160 e. The summed E-state index contributed by atoms with van der Waals surface area (Å²) in [5, 5.41) is 13.0. The van der Waals surface area contributed by atoms with Crippen molar-refractivity contribution < 1.29 is 9.84 Å². The van der Waals surface area contributed by atoms with E-state index < -0.39 is 0 Å². The molecule has 1 heterocycles. The lowest BCUT2D eigenvalue weighted by atomic mass is 10.2. The molecule has 0 fully saturated rings. The van der Waals surface area contributed by atoms with Crippen LogP contribution >= 0.6 is 11.3 Å². The normalized spacial score (nSPS) is 10.3. The summed E-state index contributed by atoms with van der Waals surface area (Å²) in [5.41, 5.74) is 0.889. The van der Waals surface area contributed by atoms with Gasteiger partial charge in [0.1, 0.15) is 0 Å². The summed E-state index contributed by atoms with van der Waals surface area (Å²) >= 11 is 1.81. The lowest BCUT2D eigenvalue weighted by molar-refractivity contribution is 0.373. The van der Waals surface area contributed by atoms with Crippen LogP contribution in [-0.4, -0.2) is 12.2 Å². The van der Waals surface area contributed by atoms with E-state index in [1.54, 1.807) is 19.2 Å². The molecule has 0 spiro atoms. The van der Waals surface area contributed by atoms with E-state index in [1.807, 2.05) is 17.4 Å². The zero-order chi connectivity index (χ0) is 13.0. The maximum Gasteiger partial charge on any atom is 0.160 e. The van der Waals surface area contributed by atoms with Crippen LogP contribution in [0, 0.1) is 0 Å². The van der Waals surface area contributed by atoms with Gasteiger partial charge in [0.15, 0.2) is 11.5 Å². The quantitative estimate of drug-likeness (QED) is 0.865. The largest absolute Gasteiger partial charge is 0.504 e. The molecule has 0 saturated heterocycles. The van der Waals surface area contributed by atoms with Crippen LogP contribution < -0.4 is 10.1 Å². The van der Waals surface area contributed by atoms with Crippen molar-refractivity contribution >= 4 is 17.0 Å². The Morgan fingerprint density at radius 1 is 1.22 bits per heavy atom. The van der Waals surface area contributed by atoms with E-state index in [9.17, 15) is 5.11 Å². The molecule has 0 aliphatic carbocycles. The summed E-state index contributed by atoms with van der Waals surface area (Å²) in [5.74, 6) is 0.646. The molecule has 3 nitrogen and oxygen atoms in total. The molecular weight excluding hydrogens is 246 g/mol. The first-order chi connectivity index (χ1) is 8.72. The summed E-state index contributed by atoms with van der Waals surface area (Å²) in [6.45, 7) is 2.93. The van der Waals surface area contributed by atoms with E-state index in [2.05, 4.69) is 24.4 Å². The Labute approximate surface area is 111 Å². The van der Waals surface area contributed by atoms with Crippen molar-refractivity contribution in [2.45, 2.75) is 19.9 Å². The maximum atomic E-state index is 9.67. The molecule has 2 aromatic rings. The Morgan fingerprint density at radius 2 is 2.00 bits per heavy atom.